The first kappa shape index (κ1) is 27.9. The Morgan fingerprint density at radius 3 is 2.47 bits per heavy atom. The van der Waals surface area contributed by atoms with Gasteiger partial charge in [-0.05, 0) is 71.9 Å². The van der Waals surface area contributed by atoms with Crippen LogP contribution in [0.4, 0.5) is 0 Å². The molecule has 200 valence electrons. The fourth-order valence-corrected chi connectivity index (χ4v) is 5.70. The number of benzene rings is 2. The van der Waals surface area contributed by atoms with Crippen molar-refractivity contribution in [2.24, 2.45) is 4.99 Å². The number of hydrogen-bond acceptors (Lipinski definition) is 7. The zero-order valence-corrected chi connectivity index (χ0v) is 24.7. The Bertz CT molecular complexity index is 1570. The first-order chi connectivity index (χ1) is 18.1. The fraction of sp³-hybridized carbons (Fsp3) is 0.345. The maximum atomic E-state index is 14.0. The maximum Gasteiger partial charge on any atom is 0.338 e. The molecule has 0 bridgehead atoms. The summed E-state index contributed by atoms with van der Waals surface area (Å²) in [5, 5.41) is 0. The Hall–Kier alpha value is -3.17. The molecular weight excluding hydrogens is 568 g/mol. The highest BCUT2D eigenvalue weighted by Crippen LogP contribution is 2.36. The molecule has 1 aromatic heterocycles. The van der Waals surface area contributed by atoms with E-state index in [-0.39, 0.29) is 24.4 Å². The Labute approximate surface area is 234 Å². The number of aromatic nitrogens is 1. The van der Waals surface area contributed by atoms with Crippen molar-refractivity contribution in [3.8, 4) is 11.5 Å². The van der Waals surface area contributed by atoms with E-state index in [1.165, 1.54) is 11.3 Å². The van der Waals surface area contributed by atoms with Crippen LogP contribution in [0.3, 0.4) is 0 Å². The van der Waals surface area contributed by atoms with E-state index < -0.39 is 12.0 Å². The Kier molecular flexibility index (Phi) is 8.57. The fourth-order valence-electron chi connectivity index (χ4n) is 4.29. The van der Waals surface area contributed by atoms with Crippen LogP contribution in [-0.4, -0.2) is 29.4 Å². The molecule has 0 radical (unpaired) electrons. The number of esters is 1. The third kappa shape index (κ3) is 5.78. The Balaban J connectivity index is 1.98. The van der Waals surface area contributed by atoms with Gasteiger partial charge in [-0.15, -0.1) is 0 Å². The zero-order chi connectivity index (χ0) is 27.6. The number of carbonyl (C=O) groups excluding carboxylic acids is 1. The summed E-state index contributed by atoms with van der Waals surface area (Å²) in [6.45, 7) is 11.5. The SMILES string of the molecule is CCOC(=O)C1=C(C)N=c2s/c(=C\c3cc(Br)ccc3OC(C)C)c(=O)n2[C@@H]1c1ccccc1OC(C)C. The normalized spacial score (nSPS) is 15.5. The van der Waals surface area contributed by atoms with E-state index in [2.05, 4.69) is 20.9 Å². The molecule has 0 spiro atoms. The van der Waals surface area contributed by atoms with Gasteiger partial charge in [0.05, 0.1) is 34.6 Å². The van der Waals surface area contributed by atoms with Crippen LogP contribution in [0.2, 0.25) is 0 Å². The molecule has 9 heteroatoms. The number of ether oxygens (including phenoxy) is 3. The molecule has 0 fully saturated rings. The van der Waals surface area contributed by atoms with Gasteiger partial charge in [-0.1, -0.05) is 45.5 Å². The van der Waals surface area contributed by atoms with Crippen LogP contribution in [0, 0.1) is 0 Å². The lowest BCUT2D eigenvalue weighted by Gasteiger charge is -2.26. The minimum Gasteiger partial charge on any atom is -0.491 e. The minimum atomic E-state index is -0.753. The molecular formula is C29H31BrN2O5S. The number of hydrogen-bond donors (Lipinski definition) is 0. The molecule has 0 N–H and O–H groups in total. The second-order valence-corrected chi connectivity index (χ2v) is 11.3. The second-order valence-electron chi connectivity index (χ2n) is 9.36. The number of nitrogens with zero attached hydrogens (tertiary/aromatic N) is 2. The van der Waals surface area contributed by atoms with Crippen molar-refractivity contribution >= 4 is 39.3 Å². The van der Waals surface area contributed by atoms with Crippen LogP contribution in [0.1, 0.15) is 58.7 Å². The van der Waals surface area contributed by atoms with Gasteiger partial charge in [0.1, 0.15) is 17.5 Å². The highest BCUT2D eigenvalue weighted by atomic mass is 79.9. The molecule has 1 atom stereocenters. The van der Waals surface area contributed by atoms with Gasteiger partial charge in [0.25, 0.3) is 5.56 Å². The second kappa shape index (κ2) is 11.7. The maximum absolute atomic E-state index is 14.0. The van der Waals surface area contributed by atoms with Crippen LogP contribution >= 0.6 is 27.3 Å². The lowest BCUT2D eigenvalue weighted by atomic mass is 9.95. The first-order valence-electron chi connectivity index (χ1n) is 12.5. The molecule has 7 nitrogen and oxygen atoms in total. The van der Waals surface area contributed by atoms with Crippen molar-refractivity contribution in [1.82, 2.24) is 4.57 Å². The molecule has 38 heavy (non-hydrogen) atoms. The molecule has 0 unspecified atom stereocenters. The number of para-hydroxylation sites is 1. The van der Waals surface area contributed by atoms with E-state index >= 15 is 0 Å². The third-order valence-electron chi connectivity index (χ3n) is 5.71. The van der Waals surface area contributed by atoms with Gasteiger partial charge in [-0.3, -0.25) is 9.36 Å². The summed E-state index contributed by atoms with van der Waals surface area (Å²) in [5.41, 5.74) is 2.02. The summed E-state index contributed by atoms with van der Waals surface area (Å²) in [7, 11) is 0. The Morgan fingerprint density at radius 1 is 1.11 bits per heavy atom. The summed E-state index contributed by atoms with van der Waals surface area (Å²) in [6.07, 6.45) is 1.68. The summed E-state index contributed by atoms with van der Waals surface area (Å²) in [5.74, 6) is 0.759. The minimum absolute atomic E-state index is 0.0308. The standard InChI is InChI=1S/C29H31BrN2O5S/c1-7-35-28(34)25-18(6)31-29-32(26(25)21-10-8-9-11-23(21)37-17(4)5)27(33)24(38-29)15-19-14-20(30)12-13-22(19)36-16(2)3/h8-17,26H,7H2,1-6H3/b24-15-/t26-/m1/s1. The molecule has 3 aromatic rings. The van der Waals surface area contributed by atoms with Crippen molar-refractivity contribution in [1.29, 1.82) is 0 Å². The van der Waals surface area contributed by atoms with Crippen LogP contribution in [0.15, 0.2) is 68.0 Å². The monoisotopic (exact) mass is 598 g/mol. The first-order valence-corrected chi connectivity index (χ1v) is 14.1. The summed E-state index contributed by atoms with van der Waals surface area (Å²) in [4.78, 5) is 32.4. The van der Waals surface area contributed by atoms with Crippen LogP contribution in [0.25, 0.3) is 6.08 Å². The molecule has 1 aliphatic heterocycles. The van der Waals surface area contributed by atoms with Crippen LogP contribution in [-0.2, 0) is 9.53 Å². The van der Waals surface area contributed by atoms with Crippen LogP contribution < -0.4 is 24.4 Å². The highest BCUT2D eigenvalue weighted by molar-refractivity contribution is 9.10. The van der Waals surface area contributed by atoms with E-state index in [4.69, 9.17) is 14.2 Å². The molecule has 0 amide bonds. The number of halogens is 1. The number of allylic oxidation sites excluding steroid dienone is 1. The van der Waals surface area contributed by atoms with Crippen molar-refractivity contribution in [3.05, 3.63) is 89.0 Å². The molecule has 0 saturated heterocycles. The predicted molar refractivity (Wildman–Crippen MR) is 153 cm³/mol. The number of fused-ring (bicyclic) bond motifs is 1. The topological polar surface area (TPSA) is 79.1 Å². The molecule has 4 rings (SSSR count). The van der Waals surface area contributed by atoms with E-state index in [9.17, 15) is 9.59 Å². The van der Waals surface area contributed by atoms with Crippen molar-refractivity contribution in [2.75, 3.05) is 6.61 Å². The van der Waals surface area contributed by atoms with E-state index in [0.717, 1.165) is 10.0 Å². The largest absolute Gasteiger partial charge is 0.491 e. The third-order valence-corrected chi connectivity index (χ3v) is 7.19. The molecule has 2 aromatic carbocycles. The average molecular weight is 600 g/mol. The van der Waals surface area contributed by atoms with Crippen LogP contribution in [0.5, 0.6) is 11.5 Å². The van der Waals surface area contributed by atoms with Crippen molar-refractivity contribution in [3.63, 3.8) is 0 Å². The molecule has 1 aliphatic rings. The van der Waals surface area contributed by atoms with Gasteiger partial charge in [-0.2, -0.15) is 0 Å². The number of rotatable bonds is 8. The van der Waals surface area contributed by atoms with Gasteiger partial charge in [-0.25, -0.2) is 9.79 Å². The van der Waals surface area contributed by atoms with Gasteiger partial charge < -0.3 is 14.2 Å². The summed E-state index contributed by atoms with van der Waals surface area (Å²) >= 11 is 4.79. The van der Waals surface area contributed by atoms with E-state index in [1.807, 2.05) is 76.2 Å². The average Bonchev–Trinajstić information content (AvgIpc) is 3.14. The van der Waals surface area contributed by atoms with Gasteiger partial charge in [0.2, 0.25) is 0 Å². The van der Waals surface area contributed by atoms with E-state index in [0.29, 0.717) is 37.7 Å². The summed E-state index contributed by atoms with van der Waals surface area (Å²) < 4.78 is 20.4. The smallest absolute Gasteiger partial charge is 0.338 e. The molecule has 2 heterocycles. The van der Waals surface area contributed by atoms with Gasteiger partial charge in [0.15, 0.2) is 4.80 Å². The van der Waals surface area contributed by atoms with E-state index in [1.54, 1.807) is 18.4 Å². The highest BCUT2D eigenvalue weighted by Gasteiger charge is 2.35. The predicted octanol–water partition coefficient (Wildman–Crippen LogP) is 5.14. The van der Waals surface area contributed by atoms with Crippen molar-refractivity contribution < 1.29 is 19.0 Å². The summed E-state index contributed by atoms with van der Waals surface area (Å²) in [6, 6.07) is 12.4. The zero-order valence-electron chi connectivity index (χ0n) is 22.3. The lowest BCUT2D eigenvalue weighted by molar-refractivity contribution is -0.139. The quantitative estimate of drug-likeness (QED) is 0.336. The lowest BCUT2D eigenvalue weighted by Crippen LogP contribution is -2.40. The van der Waals surface area contributed by atoms with Crippen molar-refractivity contribution in [2.45, 2.75) is 59.8 Å². The number of thiazole rings is 1. The Morgan fingerprint density at radius 2 is 1.79 bits per heavy atom. The molecule has 0 saturated carbocycles. The number of carbonyl (C=O) groups is 1. The van der Waals surface area contributed by atoms with Gasteiger partial charge in [0, 0.05) is 15.6 Å². The van der Waals surface area contributed by atoms with Gasteiger partial charge >= 0.3 is 5.97 Å². The molecule has 0 aliphatic carbocycles.